The summed E-state index contributed by atoms with van der Waals surface area (Å²) in [7, 11) is 0. The number of nitrogens with one attached hydrogen (secondary N) is 1. The van der Waals surface area contributed by atoms with Gasteiger partial charge in [0.15, 0.2) is 0 Å². The molecule has 32 heavy (non-hydrogen) atoms. The van der Waals surface area contributed by atoms with E-state index in [1.165, 1.54) is 40.4 Å². The van der Waals surface area contributed by atoms with Crippen LogP contribution in [-0.4, -0.2) is 20.4 Å². The smallest absolute Gasteiger partial charge is 0.270 e. The Bertz CT molecular complexity index is 1410. The molecular formula is C21H14Cl2N4O4S. The van der Waals surface area contributed by atoms with E-state index >= 15 is 0 Å². The molecule has 11 heteroatoms. The fourth-order valence-corrected chi connectivity index (χ4v) is 4.65. The van der Waals surface area contributed by atoms with Crippen LogP contribution in [0.5, 0.6) is 0 Å². The molecule has 1 amide bonds. The predicted octanol–water partition coefficient (Wildman–Crippen LogP) is 5.54. The molecule has 0 bridgehead atoms. The molecule has 0 aliphatic carbocycles. The first-order valence-corrected chi connectivity index (χ1v) is 10.9. The maximum absolute atomic E-state index is 13.3. The number of benzene rings is 2. The Hall–Kier alpha value is -3.27. The lowest BCUT2D eigenvalue weighted by Crippen LogP contribution is -2.31. The van der Waals surface area contributed by atoms with Crippen molar-refractivity contribution in [2.24, 2.45) is 0 Å². The largest absolute Gasteiger partial charge is 0.324 e. The number of anilines is 1. The third-order valence-electron chi connectivity index (χ3n) is 4.81. The summed E-state index contributed by atoms with van der Waals surface area (Å²) in [6.07, 6.45) is 1.31. The molecule has 1 atom stereocenters. The predicted molar refractivity (Wildman–Crippen MR) is 126 cm³/mol. The number of carbonyl (C=O) groups excluding carboxylic acids is 1. The third-order valence-corrected chi connectivity index (χ3v) is 6.14. The number of hydrogen-bond acceptors (Lipinski definition) is 6. The highest BCUT2D eigenvalue weighted by Crippen LogP contribution is 2.32. The summed E-state index contributed by atoms with van der Waals surface area (Å²) < 4.78 is 1.22. The van der Waals surface area contributed by atoms with Gasteiger partial charge in [0.25, 0.3) is 11.2 Å². The first-order valence-electron chi connectivity index (χ1n) is 9.24. The summed E-state index contributed by atoms with van der Waals surface area (Å²) >= 11 is 13.2. The van der Waals surface area contributed by atoms with Crippen LogP contribution in [0.3, 0.4) is 0 Å². The van der Waals surface area contributed by atoms with Crippen molar-refractivity contribution < 1.29 is 9.72 Å². The van der Waals surface area contributed by atoms with E-state index in [2.05, 4.69) is 10.3 Å². The van der Waals surface area contributed by atoms with Crippen LogP contribution in [0.1, 0.15) is 13.0 Å². The van der Waals surface area contributed by atoms with Crippen LogP contribution in [0, 0.1) is 10.1 Å². The fraction of sp³-hybridized carbons (Fsp3) is 0.0952. The second-order valence-corrected chi connectivity index (χ2v) is 8.65. The normalized spacial score (nSPS) is 12.0. The topological polar surface area (TPSA) is 107 Å². The van der Waals surface area contributed by atoms with Gasteiger partial charge < -0.3 is 5.32 Å². The zero-order valence-electron chi connectivity index (χ0n) is 16.4. The van der Waals surface area contributed by atoms with Gasteiger partial charge >= 0.3 is 0 Å². The van der Waals surface area contributed by atoms with Gasteiger partial charge in [-0.05, 0) is 30.7 Å². The second-order valence-electron chi connectivity index (χ2n) is 6.92. The molecule has 0 saturated carbocycles. The monoisotopic (exact) mass is 488 g/mol. The maximum Gasteiger partial charge on any atom is 0.270 e. The molecule has 0 spiro atoms. The zero-order valence-corrected chi connectivity index (χ0v) is 18.7. The Kier molecular flexibility index (Phi) is 5.96. The lowest BCUT2D eigenvalue weighted by Gasteiger charge is -2.15. The van der Waals surface area contributed by atoms with Gasteiger partial charge in [0, 0.05) is 38.8 Å². The van der Waals surface area contributed by atoms with Gasteiger partial charge in [-0.3, -0.25) is 24.3 Å². The first-order chi connectivity index (χ1) is 15.2. The lowest BCUT2D eigenvalue weighted by molar-refractivity contribution is -0.384. The number of nitro groups is 1. The molecule has 1 unspecified atom stereocenters. The van der Waals surface area contributed by atoms with Crippen LogP contribution in [0.25, 0.3) is 21.3 Å². The molecule has 0 saturated heterocycles. The number of thiophene rings is 1. The van der Waals surface area contributed by atoms with E-state index < -0.39 is 22.4 Å². The number of carbonyl (C=O) groups is 1. The molecule has 162 valence electrons. The standard InChI is InChI=1S/C21H14Cl2N4O4S/c1-11(19(28)25-15-7-13(22)6-14(23)8-15)26-10-24-20-18(21(26)29)17(9-32-20)12-3-2-4-16(5-12)27(30)31/h2-11H,1H3,(H,25,28). The Morgan fingerprint density at radius 1 is 1.22 bits per heavy atom. The van der Waals surface area contributed by atoms with Gasteiger partial charge in [-0.1, -0.05) is 35.3 Å². The van der Waals surface area contributed by atoms with E-state index in [9.17, 15) is 19.7 Å². The van der Waals surface area contributed by atoms with Gasteiger partial charge in [-0.15, -0.1) is 11.3 Å². The van der Waals surface area contributed by atoms with E-state index in [4.69, 9.17) is 23.2 Å². The van der Waals surface area contributed by atoms with Gasteiger partial charge in [-0.2, -0.15) is 0 Å². The highest BCUT2D eigenvalue weighted by atomic mass is 35.5. The Balaban J connectivity index is 1.72. The molecule has 0 aliphatic rings. The van der Waals surface area contributed by atoms with Gasteiger partial charge in [0.2, 0.25) is 5.91 Å². The number of fused-ring (bicyclic) bond motifs is 1. The van der Waals surface area contributed by atoms with E-state index in [-0.39, 0.29) is 5.69 Å². The highest BCUT2D eigenvalue weighted by Gasteiger charge is 2.21. The molecule has 2 aromatic carbocycles. The fourth-order valence-electron chi connectivity index (χ4n) is 3.22. The summed E-state index contributed by atoms with van der Waals surface area (Å²) in [6, 6.07) is 9.75. The Morgan fingerprint density at radius 2 is 1.94 bits per heavy atom. The second kappa shape index (κ2) is 8.70. The van der Waals surface area contributed by atoms with Crippen molar-refractivity contribution in [3.8, 4) is 11.1 Å². The number of hydrogen-bond donors (Lipinski definition) is 1. The third kappa shape index (κ3) is 4.22. The molecule has 2 aromatic heterocycles. The SMILES string of the molecule is CC(C(=O)Nc1cc(Cl)cc(Cl)c1)n1cnc2scc(-c3cccc([N+](=O)[O-])c3)c2c1=O. The Morgan fingerprint density at radius 3 is 2.62 bits per heavy atom. The van der Waals surface area contributed by atoms with Gasteiger partial charge in [-0.25, -0.2) is 4.98 Å². The summed E-state index contributed by atoms with van der Waals surface area (Å²) in [6.45, 7) is 1.57. The van der Waals surface area contributed by atoms with Crippen molar-refractivity contribution in [3.05, 3.63) is 84.7 Å². The van der Waals surface area contributed by atoms with Crippen molar-refractivity contribution in [2.75, 3.05) is 5.32 Å². The molecule has 4 rings (SSSR count). The first kappa shape index (κ1) is 21.9. The summed E-state index contributed by atoms with van der Waals surface area (Å²) in [5, 5.41) is 16.6. The molecule has 1 N–H and O–H groups in total. The summed E-state index contributed by atoms with van der Waals surface area (Å²) in [5.41, 5.74) is 0.931. The van der Waals surface area contributed by atoms with Crippen molar-refractivity contribution in [2.45, 2.75) is 13.0 Å². The minimum atomic E-state index is -0.894. The van der Waals surface area contributed by atoms with Crippen LogP contribution in [0.15, 0.2) is 59.0 Å². The number of nitro benzene ring substituents is 1. The molecule has 0 aliphatic heterocycles. The molecular weight excluding hydrogens is 475 g/mol. The molecule has 8 nitrogen and oxygen atoms in total. The van der Waals surface area contributed by atoms with Crippen LogP contribution < -0.4 is 10.9 Å². The number of non-ortho nitro benzene ring substituents is 1. The molecule has 0 fully saturated rings. The van der Waals surface area contributed by atoms with Crippen LogP contribution in [0.2, 0.25) is 10.0 Å². The van der Waals surface area contributed by atoms with Crippen molar-refractivity contribution in [3.63, 3.8) is 0 Å². The molecule has 2 heterocycles. The average molecular weight is 489 g/mol. The van der Waals surface area contributed by atoms with Crippen molar-refractivity contribution in [1.29, 1.82) is 0 Å². The zero-order chi connectivity index (χ0) is 23.0. The lowest BCUT2D eigenvalue weighted by atomic mass is 10.1. The van der Waals surface area contributed by atoms with Gasteiger partial charge in [0.1, 0.15) is 10.9 Å². The van der Waals surface area contributed by atoms with Crippen molar-refractivity contribution >= 4 is 62.0 Å². The quantitative estimate of drug-likeness (QED) is 0.293. The number of aromatic nitrogens is 2. The van der Waals surface area contributed by atoms with Crippen LogP contribution >= 0.6 is 34.5 Å². The minimum absolute atomic E-state index is 0.0843. The van der Waals surface area contributed by atoms with Crippen LogP contribution in [0.4, 0.5) is 11.4 Å². The van der Waals surface area contributed by atoms with Crippen molar-refractivity contribution in [1.82, 2.24) is 9.55 Å². The number of amides is 1. The number of nitrogens with zero attached hydrogens (tertiary/aromatic N) is 3. The van der Waals surface area contributed by atoms with E-state index in [1.807, 2.05) is 0 Å². The molecule has 4 aromatic rings. The maximum atomic E-state index is 13.3. The minimum Gasteiger partial charge on any atom is -0.324 e. The van der Waals surface area contributed by atoms with E-state index in [0.29, 0.717) is 37.1 Å². The summed E-state index contributed by atoms with van der Waals surface area (Å²) in [4.78, 5) is 41.5. The molecule has 0 radical (unpaired) electrons. The highest BCUT2D eigenvalue weighted by molar-refractivity contribution is 7.17. The number of rotatable bonds is 5. The number of halogens is 2. The Labute approximate surface area is 195 Å². The van der Waals surface area contributed by atoms with Gasteiger partial charge in [0.05, 0.1) is 16.6 Å². The summed E-state index contributed by atoms with van der Waals surface area (Å²) in [5.74, 6) is -0.460. The average Bonchev–Trinajstić information content (AvgIpc) is 3.18. The van der Waals surface area contributed by atoms with E-state index in [1.54, 1.807) is 36.6 Å². The van der Waals surface area contributed by atoms with E-state index in [0.717, 1.165) is 0 Å². The van der Waals surface area contributed by atoms with Crippen LogP contribution in [-0.2, 0) is 4.79 Å².